The van der Waals surface area contributed by atoms with E-state index in [2.05, 4.69) is 10.1 Å². The number of morpholine rings is 1. The average molecular weight is 232 g/mol. The summed E-state index contributed by atoms with van der Waals surface area (Å²) in [4.78, 5) is 18.2. The summed E-state index contributed by atoms with van der Waals surface area (Å²) in [6.07, 6.45) is 3.27. The molecule has 0 atom stereocenters. The lowest BCUT2D eigenvalue weighted by atomic mass is 10.3. The number of carbonyl (C=O) groups excluding carboxylic acids is 1. The summed E-state index contributed by atoms with van der Waals surface area (Å²) in [7, 11) is 0. The van der Waals surface area contributed by atoms with Crippen molar-refractivity contribution >= 4 is 11.6 Å². The Morgan fingerprint density at radius 1 is 1.24 bits per heavy atom. The van der Waals surface area contributed by atoms with E-state index >= 15 is 0 Å². The Labute approximate surface area is 97.8 Å². The minimum atomic E-state index is -0.0237. The molecule has 3 heterocycles. The second-order valence-corrected chi connectivity index (χ2v) is 3.84. The Bertz CT molecular complexity index is 545. The van der Waals surface area contributed by atoms with Gasteiger partial charge in [-0.15, -0.1) is 0 Å². The molecule has 1 fully saturated rings. The van der Waals surface area contributed by atoms with Crippen LogP contribution in [0.5, 0.6) is 0 Å². The van der Waals surface area contributed by atoms with Crippen molar-refractivity contribution in [1.82, 2.24) is 19.5 Å². The second-order valence-electron chi connectivity index (χ2n) is 3.84. The van der Waals surface area contributed by atoms with Gasteiger partial charge in [0.05, 0.1) is 19.4 Å². The van der Waals surface area contributed by atoms with Crippen LogP contribution in [0.1, 0.15) is 10.5 Å². The summed E-state index contributed by atoms with van der Waals surface area (Å²) in [6.45, 7) is 2.45. The summed E-state index contributed by atoms with van der Waals surface area (Å²) in [5.74, 6) is -0.0237. The summed E-state index contributed by atoms with van der Waals surface area (Å²) in [5, 5.41) is 4.11. The van der Waals surface area contributed by atoms with Gasteiger partial charge in [-0.3, -0.25) is 4.79 Å². The quantitative estimate of drug-likeness (QED) is 0.704. The fraction of sp³-hybridized carbons (Fsp3) is 0.364. The predicted octanol–water partition coefficient (Wildman–Crippen LogP) is 0.202. The maximum atomic E-state index is 12.3. The standard InChI is InChI=1S/C11H12N4O2/c16-11(14-5-7-17-8-6-14)9-1-3-12-10-2-4-13-15(9)10/h1-4H,5-8H2. The van der Waals surface area contributed by atoms with E-state index in [4.69, 9.17) is 4.74 Å². The van der Waals surface area contributed by atoms with Crippen molar-refractivity contribution in [2.75, 3.05) is 26.3 Å². The number of hydrogen-bond donors (Lipinski definition) is 0. The highest BCUT2D eigenvalue weighted by atomic mass is 16.5. The zero-order valence-corrected chi connectivity index (χ0v) is 9.24. The van der Waals surface area contributed by atoms with Crippen LogP contribution >= 0.6 is 0 Å². The molecule has 1 saturated heterocycles. The molecule has 0 radical (unpaired) electrons. The van der Waals surface area contributed by atoms with Gasteiger partial charge in [-0.05, 0) is 6.07 Å². The third-order valence-electron chi connectivity index (χ3n) is 2.81. The normalized spacial score (nSPS) is 16.4. The van der Waals surface area contributed by atoms with Crippen LogP contribution in [-0.2, 0) is 4.74 Å². The third kappa shape index (κ3) is 1.76. The molecule has 0 N–H and O–H groups in total. The van der Waals surface area contributed by atoms with Gasteiger partial charge < -0.3 is 9.64 Å². The fourth-order valence-electron chi connectivity index (χ4n) is 1.92. The molecular formula is C11H12N4O2. The number of nitrogens with zero attached hydrogens (tertiary/aromatic N) is 4. The Morgan fingerprint density at radius 2 is 2.06 bits per heavy atom. The van der Waals surface area contributed by atoms with Crippen LogP contribution in [0.2, 0.25) is 0 Å². The molecule has 6 nitrogen and oxygen atoms in total. The second kappa shape index (κ2) is 4.14. The zero-order valence-electron chi connectivity index (χ0n) is 9.24. The van der Waals surface area contributed by atoms with Crippen molar-refractivity contribution in [3.05, 3.63) is 30.2 Å². The van der Waals surface area contributed by atoms with E-state index in [9.17, 15) is 4.79 Å². The van der Waals surface area contributed by atoms with Gasteiger partial charge in [-0.25, -0.2) is 9.50 Å². The number of ether oxygens (including phenoxy) is 1. The number of fused-ring (bicyclic) bond motifs is 1. The van der Waals surface area contributed by atoms with E-state index in [0.717, 1.165) is 0 Å². The molecule has 88 valence electrons. The van der Waals surface area contributed by atoms with Gasteiger partial charge in [0.15, 0.2) is 5.65 Å². The van der Waals surface area contributed by atoms with Crippen LogP contribution in [0, 0.1) is 0 Å². The fourth-order valence-corrected chi connectivity index (χ4v) is 1.92. The van der Waals surface area contributed by atoms with E-state index < -0.39 is 0 Å². The Hall–Kier alpha value is -1.95. The SMILES string of the molecule is O=C(c1ccnc2ccnn12)N1CCOCC1. The van der Waals surface area contributed by atoms with E-state index in [0.29, 0.717) is 37.6 Å². The van der Waals surface area contributed by atoms with Crippen LogP contribution < -0.4 is 0 Å². The summed E-state index contributed by atoms with van der Waals surface area (Å²) in [5.41, 5.74) is 1.23. The Morgan fingerprint density at radius 3 is 2.88 bits per heavy atom. The first kappa shape index (κ1) is 10.2. The van der Waals surface area contributed by atoms with Gasteiger partial charge in [0, 0.05) is 25.4 Å². The number of carbonyl (C=O) groups is 1. The monoisotopic (exact) mass is 232 g/mol. The predicted molar refractivity (Wildman–Crippen MR) is 59.7 cm³/mol. The number of amides is 1. The smallest absolute Gasteiger partial charge is 0.272 e. The first-order valence-electron chi connectivity index (χ1n) is 5.52. The van der Waals surface area contributed by atoms with Crippen LogP contribution in [-0.4, -0.2) is 51.7 Å². The molecule has 2 aromatic rings. The van der Waals surface area contributed by atoms with Gasteiger partial charge in [-0.1, -0.05) is 0 Å². The summed E-state index contributed by atoms with van der Waals surface area (Å²) >= 11 is 0. The average Bonchev–Trinajstić information content (AvgIpc) is 2.87. The van der Waals surface area contributed by atoms with Crippen LogP contribution in [0.25, 0.3) is 5.65 Å². The van der Waals surface area contributed by atoms with Crippen molar-refractivity contribution in [2.24, 2.45) is 0 Å². The Balaban J connectivity index is 1.97. The zero-order chi connectivity index (χ0) is 11.7. The van der Waals surface area contributed by atoms with Crippen molar-refractivity contribution in [3.63, 3.8) is 0 Å². The van der Waals surface area contributed by atoms with Gasteiger partial charge in [0.2, 0.25) is 0 Å². The third-order valence-corrected chi connectivity index (χ3v) is 2.81. The van der Waals surface area contributed by atoms with Crippen LogP contribution in [0.15, 0.2) is 24.5 Å². The van der Waals surface area contributed by atoms with Crippen molar-refractivity contribution in [2.45, 2.75) is 0 Å². The maximum absolute atomic E-state index is 12.3. The molecule has 0 aliphatic carbocycles. The molecule has 0 unspecified atom stereocenters. The first-order valence-corrected chi connectivity index (χ1v) is 5.52. The lowest BCUT2D eigenvalue weighted by molar-refractivity contribution is 0.0297. The molecule has 1 aliphatic heterocycles. The van der Waals surface area contributed by atoms with Crippen LogP contribution in [0.4, 0.5) is 0 Å². The van der Waals surface area contributed by atoms with E-state index in [1.165, 1.54) is 0 Å². The molecule has 1 amide bonds. The van der Waals surface area contributed by atoms with E-state index in [1.807, 2.05) is 0 Å². The molecule has 0 spiro atoms. The molecule has 0 saturated carbocycles. The highest BCUT2D eigenvalue weighted by molar-refractivity contribution is 5.93. The van der Waals surface area contributed by atoms with E-state index in [1.54, 1.807) is 33.9 Å². The lowest BCUT2D eigenvalue weighted by Gasteiger charge is -2.26. The molecule has 1 aliphatic rings. The summed E-state index contributed by atoms with van der Waals surface area (Å²) in [6, 6.07) is 3.47. The van der Waals surface area contributed by atoms with Gasteiger partial charge >= 0.3 is 0 Å². The molecule has 0 aromatic carbocycles. The van der Waals surface area contributed by atoms with Gasteiger partial charge in [0.25, 0.3) is 5.91 Å². The molecule has 17 heavy (non-hydrogen) atoms. The van der Waals surface area contributed by atoms with Gasteiger partial charge in [-0.2, -0.15) is 5.10 Å². The van der Waals surface area contributed by atoms with Crippen LogP contribution in [0.3, 0.4) is 0 Å². The molecule has 6 heteroatoms. The minimum absolute atomic E-state index is 0.0237. The molecule has 2 aromatic heterocycles. The molecule has 3 rings (SSSR count). The molecule has 0 bridgehead atoms. The van der Waals surface area contributed by atoms with Crippen molar-refractivity contribution in [3.8, 4) is 0 Å². The molecular weight excluding hydrogens is 220 g/mol. The highest BCUT2D eigenvalue weighted by Gasteiger charge is 2.20. The van der Waals surface area contributed by atoms with E-state index in [-0.39, 0.29) is 5.91 Å². The summed E-state index contributed by atoms with van der Waals surface area (Å²) < 4.78 is 6.80. The first-order chi connectivity index (χ1) is 8.36. The lowest BCUT2D eigenvalue weighted by Crippen LogP contribution is -2.41. The Kier molecular flexibility index (Phi) is 2.49. The largest absolute Gasteiger partial charge is 0.378 e. The topological polar surface area (TPSA) is 59.7 Å². The van der Waals surface area contributed by atoms with Gasteiger partial charge in [0.1, 0.15) is 5.69 Å². The number of hydrogen-bond acceptors (Lipinski definition) is 4. The number of rotatable bonds is 1. The minimum Gasteiger partial charge on any atom is -0.378 e. The van der Waals surface area contributed by atoms with Crippen molar-refractivity contribution < 1.29 is 9.53 Å². The number of aromatic nitrogens is 3. The highest BCUT2D eigenvalue weighted by Crippen LogP contribution is 2.08. The van der Waals surface area contributed by atoms with Crippen molar-refractivity contribution in [1.29, 1.82) is 0 Å². The maximum Gasteiger partial charge on any atom is 0.272 e.